The Morgan fingerprint density at radius 2 is 1.58 bits per heavy atom. The van der Waals surface area contributed by atoms with Gasteiger partial charge in [-0.1, -0.05) is 44.4 Å². The summed E-state index contributed by atoms with van der Waals surface area (Å²) in [6.45, 7) is 9.03. The van der Waals surface area contributed by atoms with Gasteiger partial charge in [-0.3, -0.25) is 14.2 Å². The highest BCUT2D eigenvalue weighted by atomic mass is 31.2. The molecule has 1 aromatic carbocycles. The molecule has 1 aliphatic rings. The van der Waals surface area contributed by atoms with Crippen molar-refractivity contribution in [3.63, 3.8) is 0 Å². The van der Waals surface area contributed by atoms with Gasteiger partial charge < -0.3 is 4.52 Å². The van der Waals surface area contributed by atoms with Crippen LogP contribution in [0.15, 0.2) is 12.1 Å². The van der Waals surface area contributed by atoms with Gasteiger partial charge in [-0.25, -0.2) is 0 Å². The van der Waals surface area contributed by atoms with E-state index < -0.39 is 24.8 Å². The third-order valence-electron chi connectivity index (χ3n) is 4.68. The predicted molar refractivity (Wildman–Crippen MR) is 95.8 cm³/mol. The lowest BCUT2D eigenvalue weighted by Crippen LogP contribution is -2.21. The van der Waals surface area contributed by atoms with Gasteiger partial charge in [0, 0.05) is 5.56 Å². The highest BCUT2D eigenvalue weighted by molar-refractivity contribution is 7.78. The van der Waals surface area contributed by atoms with Crippen LogP contribution in [-0.4, -0.2) is 17.2 Å². The van der Waals surface area contributed by atoms with Gasteiger partial charge in [0.05, 0.1) is 11.6 Å². The first-order valence-electron chi connectivity index (χ1n) is 8.62. The molecule has 0 saturated heterocycles. The standard InChI is InChI=1S/C19H27O4P/c1-12(2)18(20)23-24(22,16-8-6-7-9-16)19(21)17-14(4)10-13(3)11-15(17)5/h10-12,16H,6-9H2,1-5H3. The molecular formula is C19H27O4P. The van der Waals surface area contributed by atoms with Crippen molar-refractivity contribution in [2.45, 2.75) is 66.0 Å². The van der Waals surface area contributed by atoms with E-state index in [1.54, 1.807) is 13.8 Å². The van der Waals surface area contributed by atoms with Crippen molar-refractivity contribution in [2.24, 2.45) is 5.92 Å². The maximum atomic E-state index is 13.6. The van der Waals surface area contributed by atoms with E-state index in [9.17, 15) is 14.2 Å². The summed E-state index contributed by atoms with van der Waals surface area (Å²) >= 11 is 0. The van der Waals surface area contributed by atoms with Crippen molar-refractivity contribution in [2.75, 3.05) is 0 Å². The second kappa shape index (κ2) is 7.23. The normalized spacial score (nSPS) is 17.8. The zero-order valence-electron chi connectivity index (χ0n) is 15.2. The predicted octanol–water partition coefficient (Wildman–Crippen LogP) is 5.17. The zero-order chi connectivity index (χ0) is 18.1. The monoisotopic (exact) mass is 350 g/mol. The smallest absolute Gasteiger partial charge is 0.321 e. The molecule has 0 radical (unpaired) electrons. The van der Waals surface area contributed by atoms with E-state index in [4.69, 9.17) is 4.52 Å². The highest BCUT2D eigenvalue weighted by Gasteiger charge is 2.46. The fourth-order valence-electron chi connectivity index (χ4n) is 3.44. The van der Waals surface area contributed by atoms with Gasteiger partial charge in [0.25, 0.3) is 5.52 Å². The van der Waals surface area contributed by atoms with Crippen molar-refractivity contribution in [3.8, 4) is 0 Å². The summed E-state index contributed by atoms with van der Waals surface area (Å²) in [7, 11) is -3.75. The average Bonchev–Trinajstić information content (AvgIpc) is 3.00. The van der Waals surface area contributed by atoms with E-state index in [1.165, 1.54) is 0 Å². The Hall–Kier alpha value is -1.41. The summed E-state index contributed by atoms with van der Waals surface area (Å²) in [4.78, 5) is 25.4. The molecule has 1 unspecified atom stereocenters. The van der Waals surface area contributed by atoms with Gasteiger partial charge in [0.1, 0.15) is 0 Å². The number of hydrogen-bond donors (Lipinski definition) is 0. The van der Waals surface area contributed by atoms with Crippen LogP contribution >= 0.6 is 7.37 Å². The third-order valence-corrected chi connectivity index (χ3v) is 7.40. The van der Waals surface area contributed by atoms with Gasteiger partial charge in [0.2, 0.25) is 0 Å². The zero-order valence-corrected chi connectivity index (χ0v) is 16.1. The minimum Gasteiger partial charge on any atom is -0.405 e. The van der Waals surface area contributed by atoms with Gasteiger partial charge in [-0.05, 0) is 44.7 Å². The summed E-state index contributed by atoms with van der Waals surface area (Å²) in [5.74, 6) is -0.964. The van der Waals surface area contributed by atoms with Gasteiger partial charge in [0.15, 0.2) is 0 Å². The first-order chi connectivity index (χ1) is 11.2. The molecule has 4 nitrogen and oxygen atoms in total. The topological polar surface area (TPSA) is 60.4 Å². The van der Waals surface area contributed by atoms with E-state index >= 15 is 0 Å². The van der Waals surface area contributed by atoms with Crippen LogP contribution in [0.1, 0.15) is 66.6 Å². The van der Waals surface area contributed by atoms with Crippen molar-refractivity contribution >= 4 is 18.9 Å². The molecule has 1 aromatic rings. The minimum atomic E-state index is -3.75. The fourth-order valence-corrected chi connectivity index (χ4v) is 6.19. The maximum Gasteiger partial charge on any atom is 0.321 e. The molecule has 1 fully saturated rings. The Balaban J connectivity index is 2.49. The molecule has 0 bridgehead atoms. The number of carbonyl (C=O) groups excluding carboxylic acids is 2. The second-order valence-electron chi connectivity index (χ2n) is 7.18. The number of carbonyl (C=O) groups is 2. The molecule has 0 aromatic heterocycles. The number of aryl methyl sites for hydroxylation is 3. The molecule has 1 saturated carbocycles. The molecule has 5 heteroatoms. The van der Waals surface area contributed by atoms with Crippen LogP contribution in [-0.2, 0) is 13.9 Å². The number of rotatable bonds is 5. The summed E-state index contributed by atoms with van der Waals surface area (Å²) in [6, 6.07) is 3.81. The van der Waals surface area contributed by atoms with Crippen molar-refractivity contribution in [1.29, 1.82) is 0 Å². The lowest BCUT2D eigenvalue weighted by Gasteiger charge is -2.25. The van der Waals surface area contributed by atoms with Gasteiger partial charge in [-0.15, -0.1) is 0 Å². The quantitative estimate of drug-likeness (QED) is 0.687. The van der Waals surface area contributed by atoms with Crippen molar-refractivity contribution < 1.29 is 18.7 Å². The van der Waals surface area contributed by atoms with Crippen LogP contribution in [0.25, 0.3) is 0 Å². The Morgan fingerprint density at radius 1 is 1.08 bits per heavy atom. The molecule has 0 aliphatic heterocycles. The molecule has 0 N–H and O–H groups in total. The summed E-state index contributed by atoms with van der Waals surface area (Å²) in [6.07, 6.45) is 3.21. The molecule has 24 heavy (non-hydrogen) atoms. The van der Waals surface area contributed by atoms with Crippen LogP contribution in [0.3, 0.4) is 0 Å². The largest absolute Gasteiger partial charge is 0.405 e. The van der Waals surface area contributed by atoms with Crippen LogP contribution in [0.5, 0.6) is 0 Å². The maximum absolute atomic E-state index is 13.6. The van der Waals surface area contributed by atoms with E-state index in [0.717, 1.165) is 29.5 Å². The van der Waals surface area contributed by atoms with Crippen molar-refractivity contribution in [3.05, 3.63) is 34.4 Å². The lowest BCUT2D eigenvalue weighted by atomic mass is 10.0. The summed E-state index contributed by atoms with van der Waals surface area (Å²) < 4.78 is 19.0. The molecule has 0 amide bonds. The van der Waals surface area contributed by atoms with Gasteiger partial charge >= 0.3 is 13.3 Å². The summed E-state index contributed by atoms with van der Waals surface area (Å²) in [5.41, 5.74) is 2.25. The molecule has 1 atom stereocenters. The van der Waals surface area contributed by atoms with E-state index in [0.29, 0.717) is 18.4 Å². The minimum absolute atomic E-state index is 0.340. The van der Waals surface area contributed by atoms with E-state index in [2.05, 4.69) is 0 Å². The molecule has 1 aliphatic carbocycles. The Morgan fingerprint density at radius 3 is 2.04 bits per heavy atom. The molecular weight excluding hydrogens is 323 g/mol. The highest BCUT2D eigenvalue weighted by Crippen LogP contribution is 2.60. The molecule has 132 valence electrons. The lowest BCUT2D eigenvalue weighted by molar-refractivity contribution is -0.137. The number of benzene rings is 1. The van der Waals surface area contributed by atoms with E-state index in [1.807, 2.05) is 32.9 Å². The van der Waals surface area contributed by atoms with Crippen molar-refractivity contribution in [1.82, 2.24) is 0 Å². The van der Waals surface area contributed by atoms with Crippen LogP contribution in [0.4, 0.5) is 0 Å². The molecule has 2 rings (SSSR count). The Bertz CT molecular complexity index is 676. The third kappa shape index (κ3) is 3.64. The molecule has 0 heterocycles. The second-order valence-corrected chi connectivity index (χ2v) is 9.69. The molecule has 0 spiro atoms. The fraction of sp³-hybridized carbons (Fsp3) is 0.579. The Labute approximate surface area is 144 Å². The van der Waals surface area contributed by atoms with Crippen LogP contribution < -0.4 is 0 Å². The number of hydrogen-bond acceptors (Lipinski definition) is 4. The van der Waals surface area contributed by atoms with Crippen LogP contribution in [0.2, 0.25) is 0 Å². The Kier molecular flexibility index (Phi) is 5.70. The van der Waals surface area contributed by atoms with Crippen LogP contribution in [0, 0.1) is 26.7 Å². The van der Waals surface area contributed by atoms with Gasteiger partial charge in [-0.2, -0.15) is 0 Å². The van der Waals surface area contributed by atoms with E-state index in [-0.39, 0.29) is 5.66 Å². The first kappa shape index (κ1) is 18.9. The average molecular weight is 350 g/mol. The SMILES string of the molecule is Cc1cc(C)c(C(=O)P(=O)(OC(=O)C(C)C)C2CCCC2)c(C)c1. The first-order valence-corrected chi connectivity index (χ1v) is 10.3. The summed E-state index contributed by atoms with van der Waals surface area (Å²) in [5, 5.41) is 0.